The molecule has 7 heteroatoms. The number of nitrogen functional groups attached to an aromatic ring is 1. The van der Waals surface area contributed by atoms with E-state index in [1.807, 2.05) is 13.8 Å². The Bertz CT molecular complexity index is 633. The standard InChI is InChI=1S/C14H18FN5O/c1-8(2)12-13(17-7-18-14(12)20-16)19-9-4-5-11(21-3)10(15)6-9/h4-8H,16H2,1-3H3,(H2,17,18,19,20). The largest absolute Gasteiger partial charge is 0.494 e. The molecule has 1 heterocycles. The fourth-order valence-corrected chi connectivity index (χ4v) is 2.04. The number of nitrogens with two attached hydrogens (primary N) is 1. The molecule has 0 aliphatic carbocycles. The topological polar surface area (TPSA) is 85.1 Å². The van der Waals surface area contributed by atoms with Crippen molar-refractivity contribution in [1.82, 2.24) is 9.97 Å². The van der Waals surface area contributed by atoms with Crippen LogP contribution >= 0.6 is 0 Å². The van der Waals surface area contributed by atoms with Gasteiger partial charge in [-0.3, -0.25) is 0 Å². The summed E-state index contributed by atoms with van der Waals surface area (Å²) in [7, 11) is 1.42. The highest BCUT2D eigenvalue weighted by Crippen LogP contribution is 2.30. The highest BCUT2D eigenvalue weighted by Gasteiger charge is 2.15. The minimum absolute atomic E-state index is 0.142. The number of hydrazine groups is 1. The fourth-order valence-electron chi connectivity index (χ4n) is 2.04. The van der Waals surface area contributed by atoms with Gasteiger partial charge in [0.15, 0.2) is 11.6 Å². The Hall–Kier alpha value is -2.41. The Morgan fingerprint density at radius 2 is 1.95 bits per heavy atom. The maximum atomic E-state index is 13.7. The van der Waals surface area contributed by atoms with Crippen molar-refractivity contribution >= 4 is 17.3 Å². The summed E-state index contributed by atoms with van der Waals surface area (Å²) in [5.41, 5.74) is 3.94. The Balaban J connectivity index is 2.37. The fraction of sp³-hybridized carbons (Fsp3) is 0.286. The van der Waals surface area contributed by atoms with Crippen LogP contribution in [0.5, 0.6) is 5.75 Å². The minimum atomic E-state index is -0.445. The van der Waals surface area contributed by atoms with E-state index in [2.05, 4.69) is 20.7 Å². The number of benzene rings is 1. The maximum Gasteiger partial charge on any atom is 0.167 e. The number of methoxy groups -OCH3 is 1. The van der Waals surface area contributed by atoms with Gasteiger partial charge in [0.25, 0.3) is 0 Å². The van der Waals surface area contributed by atoms with Gasteiger partial charge in [0.05, 0.1) is 7.11 Å². The lowest BCUT2D eigenvalue weighted by Crippen LogP contribution is -2.14. The van der Waals surface area contributed by atoms with Crippen LogP contribution in [0.2, 0.25) is 0 Å². The van der Waals surface area contributed by atoms with Crippen molar-refractivity contribution in [2.45, 2.75) is 19.8 Å². The second kappa shape index (κ2) is 6.36. The van der Waals surface area contributed by atoms with Gasteiger partial charge in [-0.05, 0) is 18.1 Å². The maximum absolute atomic E-state index is 13.7. The van der Waals surface area contributed by atoms with E-state index in [0.717, 1.165) is 5.56 Å². The summed E-state index contributed by atoms with van der Waals surface area (Å²) < 4.78 is 18.6. The number of hydrogen-bond acceptors (Lipinski definition) is 6. The predicted molar refractivity (Wildman–Crippen MR) is 80.2 cm³/mol. The number of nitrogens with one attached hydrogen (secondary N) is 2. The average Bonchev–Trinajstić information content (AvgIpc) is 2.46. The molecule has 6 nitrogen and oxygen atoms in total. The summed E-state index contributed by atoms with van der Waals surface area (Å²) in [4.78, 5) is 8.29. The molecular weight excluding hydrogens is 273 g/mol. The average molecular weight is 291 g/mol. The van der Waals surface area contributed by atoms with E-state index >= 15 is 0 Å². The number of rotatable bonds is 5. The first-order valence-corrected chi connectivity index (χ1v) is 6.49. The van der Waals surface area contributed by atoms with Gasteiger partial charge in [-0.25, -0.2) is 20.2 Å². The highest BCUT2D eigenvalue weighted by molar-refractivity contribution is 5.66. The van der Waals surface area contributed by atoms with Gasteiger partial charge < -0.3 is 15.5 Å². The van der Waals surface area contributed by atoms with Crippen LogP contribution in [0.25, 0.3) is 0 Å². The van der Waals surface area contributed by atoms with E-state index in [1.54, 1.807) is 12.1 Å². The molecule has 1 aromatic carbocycles. The Labute approximate surface area is 122 Å². The molecule has 112 valence electrons. The monoisotopic (exact) mass is 291 g/mol. The lowest BCUT2D eigenvalue weighted by Gasteiger charge is -2.16. The van der Waals surface area contributed by atoms with Gasteiger partial charge in [0.1, 0.15) is 18.0 Å². The molecule has 1 aromatic heterocycles. The van der Waals surface area contributed by atoms with Crippen LogP contribution in [-0.4, -0.2) is 17.1 Å². The highest BCUT2D eigenvalue weighted by atomic mass is 19.1. The summed E-state index contributed by atoms with van der Waals surface area (Å²) in [5.74, 6) is 6.48. The zero-order valence-corrected chi connectivity index (χ0v) is 12.1. The Kier molecular flexibility index (Phi) is 4.54. The minimum Gasteiger partial charge on any atom is -0.494 e. The molecule has 2 rings (SSSR count). The molecule has 0 spiro atoms. The summed E-state index contributed by atoms with van der Waals surface area (Å²) in [6.45, 7) is 4.00. The first-order valence-electron chi connectivity index (χ1n) is 6.49. The molecule has 0 saturated heterocycles. The summed E-state index contributed by atoms with van der Waals surface area (Å²) in [6, 6.07) is 4.61. The van der Waals surface area contributed by atoms with Crippen molar-refractivity contribution in [2.24, 2.45) is 5.84 Å². The first-order chi connectivity index (χ1) is 10.1. The normalized spacial score (nSPS) is 10.6. The molecule has 0 fully saturated rings. The van der Waals surface area contributed by atoms with Crippen molar-refractivity contribution < 1.29 is 9.13 Å². The van der Waals surface area contributed by atoms with Gasteiger partial charge in [-0.2, -0.15) is 0 Å². The van der Waals surface area contributed by atoms with Gasteiger partial charge in [-0.15, -0.1) is 0 Å². The second-order valence-corrected chi connectivity index (χ2v) is 4.76. The zero-order chi connectivity index (χ0) is 15.4. The van der Waals surface area contributed by atoms with Gasteiger partial charge >= 0.3 is 0 Å². The smallest absolute Gasteiger partial charge is 0.167 e. The van der Waals surface area contributed by atoms with Crippen LogP contribution in [0.3, 0.4) is 0 Å². The summed E-state index contributed by atoms with van der Waals surface area (Å²) in [6.07, 6.45) is 1.39. The molecule has 0 aliphatic rings. The third-order valence-corrected chi connectivity index (χ3v) is 3.01. The van der Waals surface area contributed by atoms with Crippen LogP contribution in [0, 0.1) is 5.82 Å². The van der Waals surface area contributed by atoms with Crippen molar-refractivity contribution in [3.63, 3.8) is 0 Å². The molecule has 0 amide bonds. The van der Waals surface area contributed by atoms with Crippen molar-refractivity contribution in [2.75, 3.05) is 17.9 Å². The second-order valence-electron chi connectivity index (χ2n) is 4.76. The molecule has 0 unspecified atom stereocenters. The van der Waals surface area contributed by atoms with Crippen molar-refractivity contribution in [1.29, 1.82) is 0 Å². The van der Waals surface area contributed by atoms with E-state index < -0.39 is 5.82 Å². The SMILES string of the molecule is COc1ccc(Nc2ncnc(NN)c2C(C)C)cc1F. The van der Waals surface area contributed by atoms with E-state index in [4.69, 9.17) is 10.6 Å². The van der Waals surface area contributed by atoms with Crippen LogP contribution < -0.4 is 21.3 Å². The van der Waals surface area contributed by atoms with Gasteiger partial charge in [0.2, 0.25) is 0 Å². The lowest BCUT2D eigenvalue weighted by atomic mass is 10.0. The van der Waals surface area contributed by atoms with E-state index in [-0.39, 0.29) is 11.7 Å². The van der Waals surface area contributed by atoms with Gasteiger partial charge in [0, 0.05) is 17.3 Å². The number of hydrogen-bond donors (Lipinski definition) is 3. The molecule has 0 saturated carbocycles. The molecular formula is C14H18FN5O. The van der Waals surface area contributed by atoms with Crippen molar-refractivity contribution in [3.05, 3.63) is 35.9 Å². The number of ether oxygens (including phenoxy) is 1. The lowest BCUT2D eigenvalue weighted by molar-refractivity contribution is 0.386. The zero-order valence-electron chi connectivity index (χ0n) is 12.1. The number of aromatic nitrogens is 2. The predicted octanol–water partition coefficient (Wildman–Crippen LogP) is 2.78. The third kappa shape index (κ3) is 3.19. The van der Waals surface area contributed by atoms with Gasteiger partial charge in [-0.1, -0.05) is 13.8 Å². The quantitative estimate of drug-likeness (QED) is 0.580. The number of anilines is 3. The number of nitrogens with zero attached hydrogens (tertiary/aromatic N) is 2. The summed E-state index contributed by atoms with van der Waals surface area (Å²) in [5, 5.41) is 3.08. The number of halogens is 1. The van der Waals surface area contributed by atoms with E-state index in [1.165, 1.54) is 19.5 Å². The van der Waals surface area contributed by atoms with Crippen molar-refractivity contribution in [3.8, 4) is 5.75 Å². The third-order valence-electron chi connectivity index (χ3n) is 3.01. The Morgan fingerprint density at radius 1 is 1.24 bits per heavy atom. The molecule has 2 aromatic rings. The molecule has 0 atom stereocenters. The molecule has 0 aliphatic heterocycles. The molecule has 0 bridgehead atoms. The first kappa shape index (κ1) is 15.0. The molecule has 0 radical (unpaired) electrons. The van der Waals surface area contributed by atoms with Crippen LogP contribution in [0.4, 0.5) is 21.7 Å². The van der Waals surface area contributed by atoms with Crippen LogP contribution in [-0.2, 0) is 0 Å². The molecule has 4 N–H and O–H groups in total. The summed E-state index contributed by atoms with van der Waals surface area (Å²) >= 11 is 0. The Morgan fingerprint density at radius 3 is 2.52 bits per heavy atom. The van der Waals surface area contributed by atoms with E-state index in [9.17, 15) is 4.39 Å². The van der Waals surface area contributed by atoms with Crippen LogP contribution in [0.15, 0.2) is 24.5 Å². The van der Waals surface area contributed by atoms with Crippen LogP contribution in [0.1, 0.15) is 25.3 Å². The molecule has 21 heavy (non-hydrogen) atoms. The van der Waals surface area contributed by atoms with E-state index in [0.29, 0.717) is 17.3 Å².